The lowest BCUT2D eigenvalue weighted by Gasteiger charge is -2.10. The van der Waals surface area contributed by atoms with Gasteiger partial charge in [-0.1, -0.05) is 0 Å². The minimum absolute atomic E-state index is 0.0486. The smallest absolute Gasteiger partial charge is 0.371 e. The van der Waals surface area contributed by atoms with E-state index in [9.17, 15) is 9.59 Å². The molecule has 0 amide bonds. The molecule has 3 aromatic rings. The van der Waals surface area contributed by atoms with Gasteiger partial charge in [0.05, 0.1) is 18.4 Å². The third-order valence-electron chi connectivity index (χ3n) is 3.91. The third-order valence-corrected chi connectivity index (χ3v) is 3.91. The van der Waals surface area contributed by atoms with Gasteiger partial charge in [-0.05, 0) is 60.2 Å². The fourth-order valence-corrected chi connectivity index (χ4v) is 2.44. The minimum atomic E-state index is -1.14. The van der Waals surface area contributed by atoms with E-state index in [2.05, 4.69) is 4.99 Å². The predicted octanol–water partition coefficient (Wildman–Crippen LogP) is 4.01. The summed E-state index contributed by atoms with van der Waals surface area (Å²) in [4.78, 5) is 26.0. The highest BCUT2D eigenvalue weighted by molar-refractivity contribution is 5.88. The molecule has 2 N–H and O–H groups in total. The maximum atomic E-state index is 10.9. The first-order chi connectivity index (χ1) is 14.0. The van der Waals surface area contributed by atoms with Crippen molar-refractivity contribution in [3.8, 4) is 11.5 Å². The Morgan fingerprint density at radius 2 is 1.76 bits per heavy atom. The second-order valence-electron chi connectivity index (χ2n) is 5.88. The molecule has 0 radical (unpaired) electrons. The summed E-state index contributed by atoms with van der Waals surface area (Å²) in [7, 11) is 1.50. The predicted molar refractivity (Wildman–Crippen MR) is 104 cm³/mol. The molecule has 1 heterocycles. The van der Waals surface area contributed by atoms with Crippen molar-refractivity contribution in [2.75, 3.05) is 7.11 Å². The minimum Gasteiger partial charge on any atom is -0.493 e. The van der Waals surface area contributed by atoms with Gasteiger partial charge in [0, 0.05) is 6.21 Å². The van der Waals surface area contributed by atoms with Crippen LogP contribution in [0.3, 0.4) is 0 Å². The fraction of sp³-hybridized carbons (Fsp3) is 0.0952. The summed E-state index contributed by atoms with van der Waals surface area (Å²) < 4.78 is 16.1. The number of methoxy groups -OCH3 is 1. The molecule has 3 rings (SSSR count). The quantitative estimate of drug-likeness (QED) is 0.553. The molecule has 0 saturated carbocycles. The Morgan fingerprint density at radius 1 is 1.00 bits per heavy atom. The SMILES string of the molecule is COc1cc(C=Nc2ccc(C(=O)O)cc2)ccc1OCc1ccc(C(=O)O)o1. The first-order valence-electron chi connectivity index (χ1n) is 8.46. The first kappa shape index (κ1) is 19.7. The van der Waals surface area contributed by atoms with Gasteiger partial charge in [0.2, 0.25) is 5.76 Å². The Morgan fingerprint density at radius 3 is 2.38 bits per heavy atom. The summed E-state index contributed by atoms with van der Waals surface area (Å²) in [6, 6.07) is 14.3. The second-order valence-corrected chi connectivity index (χ2v) is 5.88. The van der Waals surface area contributed by atoms with Gasteiger partial charge in [-0.2, -0.15) is 0 Å². The summed E-state index contributed by atoms with van der Waals surface area (Å²) >= 11 is 0. The first-order valence-corrected chi connectivity index (χ1v) is 8.46. The Labute approximate surface area is 165 Å². The topological polar surface area (TPSA) is 119 Å². The number of carbonyl (C=O) groups is 2. The van der Waals surface area contributed by atoms with Crippen LogP contribution in [0, 0.1) is 0 Å². The zero-order chi connectivity index (χ0) is 20.8. The van der Waals surface area contributed by atoms with Crippen molar-refractivity contribution in [1.29, 1.82) is 0 Å². The van der Waals surface area contributed by atoms with Crippen molar-refractivity contribution in [3.05, 3.63) is 77.2 Å². The molecule has 2 aromatic carbocycles. The Kier molecular flexibility index (Phi) is 5.94. The number of carboxylic acids is 2. The van der Waals surface area contributed by atoms with Gasteiger partial charge in [-0.3, -0.25) is 4.99 Å². The van der Waals surface area contributed by atoms with Crippen molar-refractivity contribution in [3.63, 3.8) is 0 Å². The molecule has 0 saturated heterocycles. The molecule has 8 nitrogen and oxygen atoms in total. The number of nitrogens with zero attached hydrogens (tertiary/aromatic N) is 1. The number of rotatable bonds is 8. The van der Waals surface area contributed by atoms with E-state index in [1.165, 1.54) is 31.4 Å². The number of furan rings is 1. The average molecular weight is 395 g/mol. The molecule has 0 aliphatic carbocycles. The molecule has 0 atom stereocenters. The standard InChI is InChI=1S/C21H17NO7/c1-27-19-10-13(11-22-15-5-3-14(4-6-15)20(23)24)2-8-17(19)28-12-16-7-9-18(29-16)21(25)26/h2-11H,12H2,1H3,(H,23,24)(H,25,26). The number of carboxylic acid groups (broad SMARTS) is 2. The van der Waals surface area contributed by atoms with Crippen LogP contribution < -0.4 is 9.47 Å². The molecule has 0 unspecified atom stereocenters. The second kappa shape index (κ2) is 8.75. The Bertz CT molecular complexity index is 1050. The molecule has 0 aliphatic rings. The van der Waals surface area contributed by atoms with Crippen LogP contribution in [0.5, 0.6) is 11.5 Å². The van der Waals surface area contributed by atoms with Gasteiger partial charge in [0.1, 0.15) is 12.4 Å². The molecule has 148 valence electrons. The molecule has 29 heavy (non-hydrogen) atoms. The highest BCUT2D eigenvalue weighted by Crippen LogP contribution is 2.29. The van der Waals surface area contributed by atoms with Crippen molar-refractivity contribution < 1.29 is 33.7 Å². The summed E-state index contributed by atoms with van der Waals surface area (Å²) in [6.07, 6.45) is 1.62. The summed E-state index contributed by atoms with van der Waals surface area (Å²) in [5.74, 6) is -0.980. The number of aliphatic imine (C=N–C) groups is 1. The van der Waals surface area contributed by atoms with E-state index in [0.717, 1.165) is 5.56 Å². The lowest BCUT2D eigenvalue weighted by Crippen LogP contribution is -1.98. The molecule has 0 aliphatic heterocycles. The summed E-state index contributed by atoms with van der Waals surface area (Å²) in [5, 5.41) is 17.8. The van der Waals surface area contributed by atoms with E-state index in [-0.39, 0.29) is 17.9 Å². The van der Waals surface area contributed by atoms with E-state index in [1.807, 2.05) is 0 Å². The number of benzene rings is 2. The Balaban J connectivity index is 1.68. The maximum Gasteiger partial charge on any atom is 0.371 e. The van der Waals surface area contributed by atoms with Gasteiger partial charge in [-0.25, -0.2) is 9.59 Å². The maximum absolute atomic E-state index is 10.9. The van der Waals surface area contributed by atoms with Crippen molar-refractivity contribution in [1.82, 2.24) is 0 Å². The Hall–Kier alpha value is -4.07. The van der Waals surface area contributed by atoms with E-state index >= 15 is 0 Å². The van der Waals surface area contributed by atoms with Crippen LogP contribution in [0.4, 0.5) is 5.69 Å². The molecular formula is C21H17NO7. The van der Waals surface area contributed by atoms with Crippen LogP contribution in [-0.4, -0.2) is 35.5 Å². The number of hydrogen-bond acceptors (Lipinski definition) is 6. The lowest BCUT2D eigenvalue weighted by atomic mass is 10.2. The van der Waals surface area contributed by atoms with Gasteiger partial charge < -0.3 is 24.1 Å². The zero-order valence-corrected chi connectivity index (χ0v) is 15.4. The van der Waals surface area contributed by atoms with Crippen molar-refractivity contribution >= 4 is 23.8 Å². The zero-order valence-electron chi connectivity index (χ0n) is 15.4. The third kappa shape index (κ3) is 5.01. The number of aromatic carboxylic acids is 2. The highest BCUT2D eigenvalue weighted by atomic mass is 16.5. The van der Waals surface area contributed by atoms with Crippen LogP contribution in [0.25, 0.3) is 0 Å². The molecule has 0 fully saturated rings. The molecule has 0 bridgehead atoms. The van der Waals surface area contributed by atoms with Crippen LogP contribution in [0.2, 0.25) is 0 Å². The number of ether oxygens (including phenoxy) is 2. The average Bonchev–Trinajstić information content (AvgIpc) is 3.20. The van der Waals surface area contributed by atoms with Gasteiger partial charge >= 0.3 is 11.9 Å². The normalized spacial score (nSPS) is 10.8. The molecule has 1 aromatic heterocycles. The summed E-state index contributed by atoms with van der Waals surface area (Å²) in [6.45, 7) is 0.0486. The van der Waals surface area contributed by atoms with Crippen LogP contribution in [-0.2, 0) is 6.61 Å². The van der Waals surface area contributed by atoms with Crippen molar-refractivity contribution in [2.24, 2.45) is 4.99 Å². The van der Waals surface area contributed by atoms with Crippen LogP contribution >= 0.6 is 0 Å². The molecule has 8 heteroatoms. The summed E-state index contributed by atoms with van der Waals surface area (Å²) in [5.41, 5.74) is 1.56. The van der Waals surface area contributed by atoms with Crippen LogP contribution in [0.1, 0.15) is 32.2 Å². The van der Waals surface area contributed by atoms with Gasteiger partial charge in [0.25, 0.3) is 0 Å². The highest BCUT2D eigenvalue weighted by Gasteiger charge is 2.11. The largest absolute Gasteiger partial charge is 0.493 e. The molecule has 0 spiro atoms. The fourth-order valence-electron chi connectivity index (χ4n) is 2.44. The monoisotopic (exact) mass is 395 g/mol. The van der Waals surface area contributed by atoms with E-state index in [1.54, 1.807) is 36.5 Å². The number of hydrogen-bond donors (Lipinski definition) is 2. The van der Waals surface area contributed by atoms with E-state index < -0.39 is 11.9 Å². The van der Waals surface area contributed by atoms with Crippen molar-refractivity contribution in [2.45, 2.75) is 6.61 Å². The van der Waals surface area contributed by atoms with Gasteiger partial charge in [-0.15, -0.1) is 0 Å². The van der Waals surface area contributed by atoms with Gasteiger partial charge in [0.15, 0.2) is 11.5 Å². The van der Waals surface area contributed by atoms with Crippen LogP contribution in [0.15, 0.2) is 64.0 Å². The lowest BCUT2D eigenvalue weighted by molar-refractivity contribution is 0.0655. The molecular weight excluding hydrogens is 378 g/mol. The van der Waals surface area contributed by atoms with E-state index in [4.69, 9.17) is 24.1 Å². The van der Waals surface area contributed by atoms with E-state index in [0.29, 0.717) is 22.9 Å².